The second kappa shape index (κ2) is 7.99. The highest BCUT2D eigenvalue weighted by atomic mass is 16.5. The van der Waals surface area contributed by atoms with Gasteiger partial charge in [-0.15, -0.1) is 0 Å². The molecule has 0 aromatic heterocycles. The summed E-state index contributed by atoms with van der Waals surface area (Å²) in [5.41, 5.74) is 3.19. The van der Waals surface area contributed by atoms with Crippen LogP contribution in [0.15, 0.2) is 42.5 Å². The Kier molecular flexibility index (Phi) is 6.02. The molecule has 0 radical (unpaired) electrons. The van der Waals surface area contributed by atoms with Crippen molar-refractivity contribution in [1.29, 1.82) is 0 Å². The average molecular weight is 315 g/mol. The zero-order chi connectivity index (χ0) is 16.8. The molecule has 0 spiro atoms. The number of nitrogens with one attached hydrogen (secondary N) is 1. The van der Waals surface area contributed by atoms with E-state index in [1.165, 1.54) is 11.1 Å². The molecule has 2 rings (SSSR count). The van der Waals surface area contributed by atoms with Gasteiger partial charge in [0.15, 0.2) is 0 Å². The Balaban J connectivity index is 2.07. The van der Waals surface area contributed by atoms with Gasteiger partial charge in [0, 0.05) is 18.2 Å². The first-order valence-corrected chi connectivity index (χ1v) is 7.75. The summed E-state index contributed by atoms with van der Waals surface area (Å²) in [5, 5.41) is 13.9. The third kappa shape index (κ3) is 4.24. The maximum absolute atomic E-state index is 10.5. The van der Waals surface area contributed by atoms with E-state index >= 15 is 0 Å². The van der Waals surface area contributed by atoms with Crippen molar-refractivity contribution in [2.75, 3.05) is 20.8 Å². The molecule has 0 aliphatic heterocycles. The van der Waals surface area contributed by atoms with Gasteiger partial charge in [0.05, 0.1) is 20.3 Å². The highest BCUT2D eigenvalue weighted by Crippen LogP contribution is 2.29. The minimum atomic E-state index is -0.675. The van der Waals surface area contributed by atoms with Crippen molar-refractivity contribution in [3.05, 3.63) is 59.2 Å². The maximum atomic E-state index is 10.5. The van der Waals surface area contributed by atoms with E-state index in [-0.39, 0.29) is 6.04 Å². The first kappa shape index (κ1) is 17.3. The molecule has 0 bridgehead atoms. The SMILES string of the molecule is COc1ccc(OC)c(C(O)CNC(C)c2ccccc2C)c1. The van der Waals surface area contributed by atoms with Crippen LogP contribution in [-0.4, -0.2) is 25.9 Å². The van der Waals surface area contributed by atoms with Gasteiger partial charge < -0.3 is 19.9 Å². The molecular formula is C19H25NO3. The lowest BCUT2D eigenvalue weighted by atomic mass is 10.0. The molecule has 23 heavy (non-hydrogen) atoms. The van der Waals surface area contributed by atoms with Crippen LogP contribution in [0.1, 0.15) is 35.8 Å². The standard InChI is InChI=1S/C19H25NO3/c1-13-7-5-6-8-16(13)14(2)20-12-18(21)17-11-15(22-3)9-10-19(17)23-4/h5-11,14,18,20-21H,12H2,1-4H3. The molecule has 0 heterocycles. The Morgan fingerprint density at radius 2 is 1.78 bits per heavy atom. The average Bonchev–Trinajstić information content (AvgIpc) is 2.59. The Labute approximate surface area is 138 Å². The Morgan fingerprint density at radius 1 is 1.04 bits per heavy atom. The van der Waals surface area contributed by atoms with Crippen LogP contribution in [0.2, 0.25) is 0 Å². The molecule has 4 nitrogen and oxygen atoms in total. The van der Waals surface area contributed by atoms with Crippen LogP contribution in [0.4, 0.5) is 0 Å². The van der Waals surface area contributed by atoms with Gasteiger partial charge in [-0.2, -0.15) is 0 Å². The molecule has 0 amide bonds. The van der Waals surface area contributed by atoms with Crippen molar-refractivity contribution in [1.82, 2.24) is 5.32 Å². The van der Waals surface area contributed by atoms with E-state index < -0.39 is 6.10 Å². The first-order chi connectivity index (χ1) is 11.1. The predicted octanol–water partition coefficient (Wildman–Crippen LogP) is 3.40. The van der Waals surface area contributed by atoms with Gasteiger partial charge in [-0.05, 0) is 43.2 Å². The number of methoxy groups -OCH3 is 2. The van der Waals surface area contributed by atoms with Crippen molar-refractivity contribution in [3.63, 3.8) is 0 Å². The van der Waals surface area contributed by atoms with Crippen molar-refractivity contribution < 1.29 is 14.6 Å². The summed E-state index contributed by atoms with van der Waals surface area (Å²) >= 11 is 0. The van der Waals surface area contributed by atoms with Gasteiger partial charge in [-0.25, -0.2) is 0 Å². The van der Waals surface area contributed by atoms with E-state index in [0.717, 1.165) is 5.56 Å². The summed E-state index contributed by atoms with van der Waals surface area (Å²) in [6, 6.07) is 13.8. The second-order valence-corrected chi connectivity index (χ2v) is 5.61. The van der Waals surface area contributed by atoms with E-state index in [1.54, 1.807) is 14.2 Å². The fraction of sp³-hybridized carbons (Fsp3) is 0.368. The lowest BCUT2D eigenvalue weighted by Crippen LogP contribution is -2.25. The number of hydrogen-bond acceptors (Lipinski definition) is 4. The number of aryl methyl sites for hydroxylation is 1. The smallest absolute Gasteiger partial charge is 0.124 e. The van der Waals surface area contributed by atoms with Crippen molar-refractivity contribution >= 4 is 0 Å². The fourth-order valence-electron chi connectivity index (χ4n) is 2.68. The van der Waals surface area contributed by atoms with Gasteiger partial charge >= 0.3 is 0 Å². The van der Waals surface area contributed by atoms with Crippen LogP contribution in [0.3, 0.4) is 0 Å². The molecule has 2 N–H and O–H groups in total. The first-order valence-electron chi connectivity index (χ1n) is 7.75. The highest BCUT2D eigenvalue weighted by Gasteiger charge is 2.16. The van der Waals surface area contributed by atoms with E-state index in [9.17, 15) is 5.11 Å². The number of aliphatic hydroxyl groups is 1. The molecule has 0 fully saturated rings. The third-order valence-electron chi connectivity index (χ3n) is 4.07. The van der Waals surface area contributed by atoms with Gasteiger partial charge in [0.25, 0.3) is 0 Å². The molecule has 0 saturated heterocycles. The Morgan fingerprint density at radius 3 is 2.43 bits per heavy atom. The molecule has 0 aliphatic carbocycles. The van der Waals surface area contributed by atoms with Crippen molar-refractivity contribution in [2.24, 2.45) is 0 Å². The van der Waals surface area contributed by atoms with Crippen LogP contribution in [0, 0.1) is 6.92 Å². The Bertz CT molecular complexity index is 642. The molecule has 2 unspecified atom stereocenters. The highest BCUT2D eigenvalue weighted by molar-refractivity contribution is 5.41. The summed E-state index contributed by atoms with van der Waals surface area (Å²) in [4.78, 5) is 0. The number of benzene rings is 2. The van der Waals surface area contributed by atoms with Gasteiger partial charge in [-0.3, -0.25) is 0 Å². The minimum absolute atomic E-state index is 0.155. The summed E-state index contributed by atoms with van der Waals surface area (Å²) in [7, 11) is 3.21. The molecule has 0 aliphatic rings. The van der Waals surface area contributed by atoms with E-state index in [4.69, 9.17) is 9.47 Å². The van der Waals surface area contributed by atoms with Crippen LogP contribution < -0.4 is 14.8 Å². The van der Waals surface area contributed by atoms with Gasteiger partial charge in [0.1, 0.15) is 11.5 Å². The van der Waals surface area contributed by atoms with E-state index in [1.807, 2.05) is 30.3 Å². The van der Waals surface area contributed by atoms with Crippen molar-refractivity contribution in [2.45, 2.75) is 26.0 Å². The maximum Gasteiger partial charge on any atom is 0.124 e. The quantitative estimate of drug-likeness (QED) is 0.822. The summed E-state index contributed by atoms with van der Waals surface area (Å²) in [6.07, 6.45) is -0.675. The van der Waals surface area contributed by atoms with Crippen LogP contribution >= 0.6 is 0 Å². The monoisotopic (exact) mass is 315 g/mol. The molecule has 2 aromatic carbocycles. The normalized spacial score (nSPS) is 13.4. The predicted molar refractivity (Wildman–Crippen MR) is 92.1 cm³/mol. The van der Waals surface area contributed by atoms with Gasteiger partial charge in [-0.1, -0.05) is 24.3 Å². The van der Waals surface area contributed by atoms with Crippen LogP contribution in [-0.2, 0) is 0 Å². The lowest BCUT2D eigenvalue weighted by molar-refractivity contribution is 0.166. The lowest BCUT2D eigenvalue weighted by Gasteiger charge is -2.21. The van der Waals surface area contributed by atoms with E-state index in [0.29, 0.717) is 18.0 Å². The molecule has 2 atom stereocenters. The van der Waals surface area contributed by atoms with Crippen molar-refractivity contribution in [3.8, 4) is 11.5 Å². The van der Waals surface area contributed by atoms with Crippen LogP contribution in [0.5, 0.6) is 11.5 Å². The number of aliphatic hydroxyl groups excluding tert-OH is 1. The number of rotatable bonds is 7. The third-order valence-corrected chi connectivity index (χ3v) is 4.07. The number of hydrogen-bond donors (Lipinski definition) is 2. The molecule has 124 valence electrons. The zero-order valence-corrected chi connectivity index (χ0v) is 14.2. The fourth-order valence-corrected chi connectivity index (χ4v) is 2.68. The summed E-state index contributed by atoms with van der Waals surface area (Å²) in [5.74, 6) is 1.36. The topological polar surface area (TPSA) is 50.7 Å². The molecule has 0 saturated carbocycles. The molecular weight excluding hydrogens is 290 g/mol. The zero-order valence-electron chi connectivity index (χ0n) is 14.2. The van der Waals surface area contributed by atoms with Gasteiger partial charge in [0.2, 0.25) is 0 Å². The minimum Gasteiger partial charge on any atom is -0.497 e. The largest absolute Gasteiger partial charge is 0.497 e. The molecule has 4 heteroatoms. The summed E-state index contributed by atoms with van der Waals surface area (Å²) < 4.78 is 10.6. The number of ether oxygens (including phenoxy) is 2. The second-order valence-electron chi connectivity index (χ2n) is 5.61. The van der Waals surface area contributed by atoms with E-state index in [2.05, 4.69) is 31.3 Å². The summed E-state index contributed by atoms with van der Waals surface area (Å²) in [6.45, 7) is 4.62. The Hall–Kier alpha value is -2.04. The molecule has 2 aromatic rings. The van der Waals surface area contributed by atoms with Crippen LogP contribution in [0.25, 0.3) is 0 Å².